The van der Waals surface area contributed by atoms with Crippen LogP contribution < -0.4 is 0 Å². The summed E-state index contributed by atoms with van der Waals surface area (Å²) in [5.74, 6) is -1.88. The largest absolute Gasteiger partial charge is 0.475 e. The highest BCUT2D eigenvalue weighted by atomic mass is 32.2. The normalized spacial score (nSPS) is 11.8. The molecule has 6 nitrogen and oxygen atoms in total. The van der Waals surface area contributed by atoms with Gasteiger partial charge in [0, 0.05) is 24.0 Å². The van der Waals surface area contributed by atoms with Crippen molar-refractivity contribution >= 4 is 27.0 Å². The van der Waals surface area contributed by atoms with E-state index in [9.17, 15) is 22.7 Å². The Morgan fingerprint density at radius 1 is 1.00 bits per heavy atom. The van der Waals surface area contributed by atoms with Gasteiger partial charge in [-0.2, -0.15) is 4.31 Å². The van der Waals surface area contributed by atoms with Crippen molar-refractivity contribution in [3.63, 3.8) is 0 Å². The highest BCUT2D eigenvalue weighted by Crippen LogP contribution is 2.29. The molecule has 0 radical (unpaired) electrons. The molecule has 1 aromatic heterocycles. The van der Waals surface area contributed by atoms with E-state index >= 15 is 0 Å². The minimum atomic E-state index is -3.98. The number of furan rings is 1. The van der Waals surface area contributed by atoms with Crippen molar-refractivity contribution in [2.45, 2.75) is 24.8 Å². The van der Waals surface area contributed by atoms with Gasteiger partial charge in [-0.1, -0.05) is 42.5 Å². The topological polar surface area (TPSA) is 87.8 Å². The summed E-state index contributed by atoms with van der Waals surface area (Å²) >= 11 is 0. The Hall–Kier alpha value is -3.49. The summed E-state index contributed by atoms with van der Waals surface area (Å²) in [6.07, 6.45) is 0.478. The zero-order chi connectivity index (χ0) is 23.6. The predicted molar refractivity (Wildman–Crippen MR) is 122 cm³/mol. The maximum atomic E-state index is 13.7. The van der Waals surface area contributed by atoms with Gasteiger partial charge in [-0.3, -0.25) is 0 Å². The summed E-state index contributed by atoms with van der Waals surface area (Å²) in [4.78, 5) is 11.4. The SMILES string of the molecule is Cc1c(C(=O)O)oc2ccc(S(=O)(=O)N(CCc3ccccc3)Cc3cccc(F)c3)cc12. The van der Waals surface area contributed by atoms with Gasteiger partial charge in [0.1, 0.15) is 11.4 Å². The Kier molecular flexibility index (Phi) is 6.31. The van der Waals surface area contributed by atoms with Crippen LogP contribution >= 0.6 is 0 Å². The van der Waals surface area contributed by atoms with Crippen molar-refractivity contribution in [2.75, 3.05) is 6.54 Å². The number of carbonyl (C=O) groups is 1. The predicted octanol–water partition coefficient (Wildman–Crippen LogP) is 5.01. The Balaban J connectivity index is 1.72. The summed E-state index contributed by atoms with van der Waals surface area (Å²) in [5, 5.41) is 9.72. The van der Waals surface area contributed by atoms with Gasteiger partial charge < -0.3 is 9.52 Å². The van der Waals surface area contributed by atoms with Crippen LogP contribution in [0.4, 0.5) is 4.39 Å². The van der Waals surface area contributed by atoms with Crippen molar-refractivity contribution < 1.29 is 27.1 Å². The fraction of sp³-hybridized carbons (Fsp3) is 0.160. The molecule has 8 heteroatoms. The molecule has 0 bridgehead atoms. The molecule has 0 aliphatic heterocycles. The average Bonchev–Trinajstić information content (AvgIpc) is 3.13. The number of benzene rings is 3. The van der Waals surface area contributed by atoms with E-state index in [2.05, 4.69) is 0 Å². The van der Waals surface area contributed by atoms with Crippen molar-refractivity contribution in [3.8, 4) is 0 Å². The molecule has 0 unspecified atom stereocenters. The Labute approximate surface area is 190 Å². The number of nitrogens with zero attached hydrogens (tertiary/aromatic N) is 1. The monoisotopic (exact) mass is 467 g/mol. The first kappa shape index (κ1) is 22.7. The van der Waals surface area contributed by atoms with Gasteiger partial charge in [0.2, 0.25) is 15.8 Å². The van der Waals surface area contributed by atoms with Gasteiger partial charge in [0.25, 0.3) is 0 Å². The van der Waals surface area contributed by atoms with E-state index in [4.69, 9.17) is 4.42 Å². The van der Waals surface area contributed by atoms with E-state index in [0.717, 1.165) is 5.56 Å². The molecule has 0 aliphatic rings. The van der Waals surface area contributed by atoms with Crippen LogP contribution in [0.15, 0.2) is 82.1 Å². The van der Waals surface area contributed by atoms with Gasteiger partial charge in [0.15, 0.2) is 0 Å². The number of carboxylic acids is 1. The third kappa shape index (κ3) is 4.81. The lowest BCUT2D eigenvalue weighted by Gasteiger charge is -2.22. The second kappa shape index (κ2) is 9.17. The van der Waals surface area contributed by atoms with Crippen LogP contribution in [0, 0.1) is 12.7 Å². The molecule has 4 aromatic rings. The summed E-state index contributed by atoms with van der Waals surface area (Å²) in [5.41, 5.74) is 2.16. The van der Waals surface area contributed by atoms with E-state index in [1.807, 2.05) is 30.3 Å². The molecule has 170 valence electrons. The first-order chi connectivity index (χ1) is 15.8. The Morgan fingerprint density at radius 3 is 2.42 bits per heavy atom. The smallest absolute Gasteiger partial charge is 0.372 e. The first-order valence-electron chi connectivity index (χ1n) is 10.3. The second-order valence-corrected chi connectivity index (χ2v) is 9.66. The number of aromatic carboxylic acids is 1. The van der Waals surface area contributed by atoms with E-state index < -0.39 is 21.8 Å². The van der Waals surface area contributed by atoms with Crippen LogP contribution in [0.3, 0.4) is 0 Å². The number of hydrogen-bond donors (Lipinski definition) is 1. The van der Waals surface area contributed by atoms with Crippen LogP contribution in [0.2, 0.25) is 0 Å². The standard InChI is InChI=1S/C25H22FNO5S/c1-17-22-15-21(10-11-23(22)32-24(17)25(28)29)33(30,31)27(13-12-18-6-3-2-4-7-18)16-19-8-5-9-20(26)14-19/h2-11,14-15H,12-13,16H2,1H3,(H,28,29). The zero-order valence-corrected chi connectivity index (χ0v) is 18.7. The van der Waals surface area contributed by atoms with Crippen LogP contribution in [-0.2, 0) is 23.0 Å². The lowest BCUT2D eigenvalue weighted by Crippen LogP contribution is -2.32. The summed E-state index contributed by atoms with van der Waals surface area (Å²) in [6, 6.07) is 19.6. The average molecular weight is 468 g/mol. The molecule has 33 heavy (non-hydrogen) atoms. The second-order valence-electron chi connectivity index (χ2n) is 7.72. The van der Waals surface area contributed by atoms with Crippen molar-refractivity contribution in [1.82, 2.24) is 4.31 Å². The maximum Gasteiger partial charge on any atom is 0.372 e. The van der Waals surface area contributed by atoms with E-state index in [0.29, 0.717) is 28.5 Å². The Morgan fingerprint density at radius 2 is 1.73 bits per heavy atom. The van der Waals surface area contributed by atoms with Crippen molar-refractivity contribution in [1.29, 1.82) is 0 Å². The molecule has 0 saturated carbocycles. The fourth-order valence-corrected chi connectivity index (χ4v) is 5.19. The number of carboxylic acid groups (broad SMARTS) is 1. The number of fused-ring (bicyclic) bond motifs is 1. The molecule has 1 N–H and O–H groups in total. The van der Waals surface area contributed by atoms with Crippen LogP contribution in [0.5, 0.6) is 0 Å². The Bertz CT molecular complexity index is 1410. The quantitative estimate of drug-likeness (QED) is 0.394. The van der Waals surface area contributed by atoms with E-state index in [1.54, 1.807) is 19.1 Å². The lowest BCUT2D eigenvalue weighted by molar-refractivity contribution is 0.0664. The van der Waals surface area contributed by atoms with Crippen molar-refractivity contribution in [3.05, 3.63) is 101 Å². The van der Waals surface area contributed by atoms with Gasteiger partial charge in [-0.15, -0.1) is 0 Å². The third-order valence-electron chi connectivity index (χ3n) is 5.48. The highest BCUT2D eigenvalue weighted by Gasteiger charge is 2.26. The third-order valence-corrected chi connectivity index (χ3v) is 7.32. The number of rotatable bonds is 8. The van der Waals surface area contributed by atoms with E-state index in [-0.39, 0.29) is 23.7 Å². The molecule has 3 aromatic carbocycles. The number of halogens is 1. The van der Waals surface area contributed by atoms with Gasteiger partial charge >= 0.3 is 5.97 Å². The molecule has 0 amide bonds. The van der Waals surface area contributed by atoms with Gasteiger partial charge in [-0.25, -0.2) is 17.6 Å². The molecule has 0 saturated heterocycles. The van der Waals surface area contributed by atoms with Crippen molar-refractivity contribution in [2.24, 2.45) is 0 Å². The van der Waals surface area contributed by atoms with Gasteiger partial charge in [-0.05, 0) is 54.8 Å². The molecular formula is C25H22FNO5S. The lowest BCUT2D eigenvalue weighted by atomic mass is 10.1. The number of sulfonamides is 1. The molecule has 0 atom stereocenters. The first-order valence-corrected chi connectivity index (χ1v) is 11.7. The fourth-order valence-electron chi connectivity index (χ4n) is 3.74. The number of aryl methyl sites for hydroxylation is 1. The van der Waals surface area contributed by atoms with Crippen LogP contribution in [-0.4, -0.2) is 30.3 Å². The van der Waals surface area contributed by atoms with E-state index in [1.165, 1.54) is 34.6 Å². The van der Waals surface area contributed by atoms with Gasteiger partial charge in [0.05, 0.1) is 4.90 Å². The molecule has 0 spiro atoms. The molecule has 0 aliphatic carbocycles. The molecule has 0 fully saturated rings. The summed E-state index contributed by atoms with van der Waals surface area (Å²) < 4.78 is 47.7. The zero-order valence-electron chi connectivity index (χ0n) is 17.9. The highest BCUT2D eigenvalue weighted by molar-refractivity contribution is 7.89. The summed E-state index contributed by atoms with van der Waals surface area (Å²) in [6.45, 7) is 1.76. The maximum absolute atomic E-state index is 13.7. The molecule has 1 heterocycles. The minimum absolute atomic E-state index is 0.00426. The summed E-state index contributed by atoms with van der Waals surface area (Å²) in [7, 11) is -3.98. The number of hydrogen-bond acceptors (Lipinski definition) is 4. The van der Waals surface area contributed by atoms with Crippen LogP contribution in [0.1, 0.15) is 27.2 Å². The molecule has 4 rings (SSSR count). The van der Waals surface area contributed by atoms with Crippen LogP contribution in [0.25, 0.3) is 11.0 Å². The molecular weight excluding hydrogens is 445 g/mol. The minimum Gasteiger partial charge on any atom is -0.475 e.